The molecule has 0 aromatic heterocycles. The molecule has 2 bridgehead atoms. The fourth-order valence-corrected chi connectivity index (χ4v) is 2.76. The zero-order valence-electron chi connectivity index (χ0n) is 9.51. The molecule has 0 aromatic rings. The van der Waals surface area contributed by atoms with Crippen LogP contribution in [0.5, 0.6) is 0 Å². The quantitative estimate of drug-likeness (QED) is 0.389. The van der Waals surface area contributed by atoms with E-state index >= 15 is 0 Å². The van der Waals surface area contributed by atoms with Crippen LogP contribution in [0.2, 0.25) is 0 Å². The molecule has 0 spiro atoms. The van der Waals surface area contributed by atoms with Gasteiger partial charge in [-0.1, -0.05) is 12.2 Å². The van der Waals surface area contributed by atoms with Crippen molar-refractivity contribution < 1.29 is 23.8 Å². The topological polar surface area (TPSA) is 65.1 Å². The van der Waals surface area contributed by atoms with Crippen molar-refractivity contribution in [1.82, 2.24) is 0 Å². The predicted molar refractivity (Wildman–Crippen MR) is 55.8 cm³/mol. The van der Waals surface area contributed by atoms with Gasteiger partial charge in [-0.15, -0.1) is 0 Å². The van der Waals surface area contributed by atoms with Gasteiger partial charge < -0.3 is 14.2 Å². The normalized spacial score (nSPS) is 36.6. The second-order valence-electron chi connectivity index (χ2n) is 4.31. The van der Waals surface area contributed by atoms with Gasteiger partial charge in [0, 0.05) is 11.8 Å². The number of esters is 2. The number of carbonyl (C=O) groups excluding carboxylic acids is 2. The van der Waals surface area contributed by atoms with E-state index in [-0.39, 0.29) is 24.0 Å². The fraction of sp³-hybridized carbons (Fsp3) is 0.500. The first-order valence-corrected chi connectivity index (χ1v) is 5.43. The molecule has 5 nitrogen and oxygen atoms in total. The number of ether oxygens (including phenoxy) is 3. The molecule has 0 radical (unpaired) electrons. The van der Waals surface area contributed by atoms with Crippen LogP contribution in [0.15, 0.2) is 23.3 Å². The van der Waals surface area contributed by atoms with Gasteiger partial charge in [-0.05, 0) is 0 Å². The Morgan fingerprint density at radius 1 is 1.00 bits per heavy atom. The van der Waals surface area contributed by atoms with Crippen LogP contribution in [0.4, 0.5) is 0 Å². The van der Waals surface area contributed by atoms with Crippen molar-refractivity contribution in [3.05, 3.63) is 23.3 Å². The second kappa shape index (κ2) is 3.43. The largest absolute Gasteiger partial charge is 0.466 e. The highest BCUT2D eigenvalue weighted by molar-refractivity contribution is 6.03. The zero-order chi connectivity index (χ0) is 12.2. The van der Waals surface area contributed by atoms with Gasteiger partial charge in [0.05, 0.1) is 37.6 Å². The molecule has 17 heavy (non-hydrogen) atoms. The van der Waals surface area contributed by atoms with Gasteiger partial charge in [-0.3, -0.25) is 0 Å². The molecule has 3 aliphatic carbocycles. The number of carbonyl (C=O) groups is 2. The zero-order valence-corrected chi connectivity index (χ0v) is 9.51. The summed E-state index contributed by atoms with van der Waals surface area (Å²) in [6.45, 7) is 0. The van der Waals surface area contributed by atoms with Gasteiger partial charge in [-0.25, -0.2) is 9.59 Å². The lowest BCUT2D eigenvalue weighted by atomic mass is 9.71. The Balaban J connectivity index is 2.09. The molecule has 4 aliphatic rings. The van der Waals surface area contributed by atoms with E-state index in [1.54, 1.807) is 0 Å². The van der Waals surface area contributed by atoms with Gasteiger partial charge in [-0.2, -0.15) is 0 Å². The van der Waals surface area contributed by atoms with Crippen molar-refractivity contribution in [3.63, 3.8) is 0 Å². The van der Waals surface area contributed by atoms with E-state index in [4.69, 9.17) is 14.2 Å². The molecule has 0 N–H and O–H groups in total. The number of epoxide rings is 1. The Morgan fingerprint density at radius 3 is 1.76 bits per heavy atom. The molecule has 1 saturated heterocycles. The summed E-state index contributed by atoms with van der Waals surface area (Å²) >= 11 is 0. The van der Waals surface area contributed by atoms with E-state index in [0.717, 1.165) is 0 Å². The van der Waals surface area contributed by atoms with Crippen LogP contribution >= 0.6 is 0 Å². The molecule has 4 rings (SSSR count). The maximum Gasteiger partial charge on any atom is 0.335 e. The third-order valence-corrected chi connectivity index (χ3v) is 3.56. The summed E-state index contributed by atoms with van der Waals surface area (Å²) < 4.78 is 15.0. The first-order valence-electron chi connectivity index (χ1n) is 5.43. The highest BCUT2D eigenvalue weighted by Crippen LogP contribution is 2.52. The SMILES string of the molecule is COC(=O)C1=C(C(=O)OC)C2C=CC1C1OC21. The standard InChI is InChI=1S/C12H12O5/c1-15-11(13)7-5-3-4-6(10-9(5)17-10)8(7)12(14)16-2/h3-6,9-10H,1-2H3. The molecule has 4 unspecified atom stereocenters. The Morgan fingerprint density at radius 2 is 1.41 bits per heavy atom. The molecule has 0 amide bonds. The molecule has 5 heteroatoms. The van der Waals surface area contributed by atoms with E-state index in [9.17, 15) is 9.59 Å². The van der Waals surface area contributed by atoms with Crippen molar-refractivity contribution in [2.75, 3.05) is 14.2 Å². The Labute approximate surface area is 98.0 Å². The van der Waals surface area contributed by atoms with Crippen LogP contribution in [0.25, 0.3) is 0 Å². The highest BCUT2D eigenvalue weighted by atomic mass is 16.6. The van der Waals surface area contributed by atoms with Gasteiger partial charge in [0.15, 0.2) is 0 Å². The van der Waals surface area contributed by atoms with E-state index in [1.165, 1.54) is 14.2 Å². The summed E-state index contributed by atoms with van der Waals surface area (Å²) in [4.78, 5) is 23.5. The van der Waals surface area contributed by atoms with E-state index in [1.807, 2.05) is 12.2 Å². The second-order valence-corrected chi connectivity index (χ2v) is 4.31. The molecule has 0 saturated carbocycles. The molecule has 1 aliphatic heterocycles. The third kappa shape index (κ3) is 1.29. The maximum absolute atomic E-state index is 11.8. The van der Waals surface area contributed by atoms with Crippen molar-refractivity contribution in [2.24, 2.45) is 11.8 Å². The fourth-order valence-electron chi connectivity index (χ4n) is 2.76. The molecule has 4 atom stereocenters. The summed E-state index contributed by atoms with van der Waals surface area (Å²) in [5.74, 6) is -1.30. The number of hydrogen-bond acceptors (Lipinski definition) is 5. The first-order chi connectivity index (χ1) is 8.19. The van der Waals surface area contributed by atoms with Crippen molar-refractivity contribution in [2.45, 2.75) is 12.2 Å². The lowest BCUT2D eigenvalue weighted by Gasteiger charge is -2.29. The molecule has 1 fully saturated rings. The molecule has 1 heterocycles. The smallest absolute Gasteiger partial charge is 0.335 e. The van der Waals surface area contributed by atoms with E-state index in [2.05, 4.69) is 0 Å². The Hall–Kier alpha value is -1.62. The molecular formula is C12H12O5. The molecule has 90 valence electrons. The average molecular weight is 236 g/mol. The lowest BCUT2D eigenvalue weighted by Crippen LogP contribution is -2.36. The van der Waals surface area contributed by atoms with E-state index < -0.39 is 11.9 Å². The summed E-state index contributed by atoms with van der Waals surface area (Å²) in [5, 5.41) is 0. The van der Waals surface area contributed by atoms with Gasteiger partial charge >= 0.3 is 11.9 Å². The maximum atomic E-state index is 11.8. The van der Waals surface area contributed by atoms with Crippen LogP contribution in [0, 0.1) is 11.8 Å². The van der Waals surface area contributed by atoms with Gasteiger partial charge in [0.1, 0.15) is 0 Å². The number of hydrogen-bond donors (Lipinski definition) is 0. The number of methoxy groups -OCH3 is 2. The van der Waals surface area contributed by atoms with Gasteiger partial charge in [0.2, 0.25) is 0 Å². The van der Waals surface area contributed by atoms with Crippen LogP contribution in [0.1, 0.15) is 0 Å². The van der Waals surface area contributed by atoms with Crippen LogP contribution in [-0.2, 0) is 23.8 Å². The first kappa shape index (κ1) is 10.5. The molecule has 0 aromatic carbocycles. The van der Waals surface area contributed by atoms with Crippen molar-refractivity contribution in [1.29, 1.82) is 0 Å². The summed E-state index contributed by atoms with van der Waals surface area (Å²) in [7, 11) is 2.61. The van der Waals surface area contributed by atoms with Crippen molar-refractivity contribution in [3.8, 4) is 0 Å². The van der Waals surface area contributed by atoms with Gasteiger partial charge in [0.25, 0.3) is 0 Å². The summed E-state index contributed by atoms with van der Waals surface area (Å²) in [6, 6.07) is 0. The highest BCUT2D eigenvalue weighted by Gasteiger charge is 2.60. The van der Waals surface area contributed by atoms with Crippen LogP contribution < -0.4 is 0 Å². The molecular weight excluding hydrogens is 224 g/mol. The minimum Gasteiger partial charge on any atom is -0.466 e. The van der Waals surface area contributed by atoms with E-state index in [0.29, 0.717) is 11.1 Å². The minimum atomic E-state index is -0.473. The lowest BCUT2D eigenvalue weighted by molar-refractivity contribution is -0.140. The van der Waals surface area contributed by atoms with Crippen LogP contribution in [-0.4, -0.2) is 38.4 Å². The summed E-state index contributed by atoms with van der Waals surface area (Å²) in [6.07, 6.45) is 3.87. The average Bonchev–Trinajstić information content (AvgIpc) is 3.17. The Kier molecular flexibility index (Phi) is 2.13. The predicted octanol–water partition coefficient (Wildman–Crippen LogP) is 0.212. The van der Waals surface area contributed by atoms with Crippen LogP contribution in [0.3, 0.4) is 0 Å². The monoisotopic (exact) mass is 236 g/mol. The third-order valence-electron chi connectivity index (χ3n) is 3.56. The number of rotatable bonds is 2. The summed E-state index contributed by atoms with van der Waals surface area (Å²) in [5.41, 5.74) is 0.788. The van der Waals surface area contributed by atoms with Crippen molar-refractivity contribution >= 4 is 11.9 Å². The minimum absolute atomic E-state index is 0.0208. The Bertz CT molecular complexity index is 422.